The van der Waals surface area contributed by atoms with E-state index in [0.717, 1.165) is 24.8 Å². The zero-order chi connectivity index (χ0) is 13.0. The molecule has 2 heterocycles. The smallest absolute Gasteiger partial charge is 0.170 e. The minimum atomic E-state index is 0.127. The highest BCUT2D eigenvalue weighted by Crippen LogP contribution is 2.21. The monoisotopic (exact) mass is 248 g/mol. The number of nitrogens with two attached hydrogens (primary N) is 1. The summed E-state index contributed by atoms with van der Waals surface area (Å²) in [6, 6.07) is 3.63. The Morgan fingerprint density at radius 3 is 3.11 bits per heavy atom. The Morgan fingerprint density at radius 2 is 2.33 bits per heavy atom. The lowest BCUT2D eigenvalue weighted by atomic mass is 10.0. The van der Waals surface area contributed by atoms with Gasteiger partial charge in [-0.1, -0.05) is 12.1 Å². The predicted octanol–water partition coefficient (Wildman–Crippen LogP) is 1.80. The van der Waals surface area contributed by atoms with Crippen molar-refractivity contribution < 1.29 is 5.21 Å². The minimum Gasteiger partial charge on any atom is -0.409 e. The zero-order valence-electron chi connectivity index (χ0n) is 10.7. The van der Waals surface area contributed by atoms with Gasteiger partial charge in [0.2, 0.25) is 0 Å². The average Bonchev–Trinajstić information content (AvgIpc) is 2.63. The Hall–Kier alpha value is -1.78. The maximum Gasteiger partial charge on any atom is 0.170 e. The first kappa shape index (κ1) is 12.7. The third-order valence-corrected chi connectivity index (χ3v) is 3.49. The van der Waals surface area contributed by atoms with E-state index in [4.69, 9.17) is 10.9 Å². The molecule has 0 saturated carbocycles. The van der Waals surface area contributed by atoms with Crippen molar-refractivity contribution in [2.45, 2.75) is 26.2 Å². The van der Waals surface area contributed by atoms with Crippen LogP contribution in [-0.4, -0.2) is 29.1 Å². The molecule has 1 fully saturated rings. The van der Waals surface area contributed by atoms with Gasteiger partial charge in [-0.2, -0.15) is 0 Å². The van der Waals surface area contributed by atoms with Gasteiger partial charge in [0.05, 0.1) is 0 Å². The highest BCUT2D eigenvalue weighted by atomic mass is 16.4. The van der Waals surface area contributed by atoms with E-state index in [0.29, 0.717) is 5.56 Å². The van der Waals surface area contributed by atoms with Crippen molar-refractivity contribution in [2.75, 3.05) is 18.0 Å². The number of hydrogen-bond acceptors (Lipinski definition) is 4. The molecular formula is C13H20N4O. The second-order valence-corrected chi connectivity index (χ2v) is 4.91. The molecule has 1 saturated heterocycles. The largest absolute Gasteiger partial charge is 0.409 e. The van der Waals surface area contributed by atoms with E-state index < -0.39 is 0 Å². The van der Waals surface area contributed by atoms with E-state index >= 15 is 0 Å². The number of hydrogen-bond donors (Lipinski definition) is 2. The van der Waals surface area contributed by atoms with E-state index in [1.54, 1.807) is 12.3 Å². The van der Waals surface area contributed by atoms with Crippen LogP contribution in [0.25, 0.3) is 0 Å². The van der Waals surface area contributed by atoms with Gasteiger partial charge in [-0.3, -0.25) is 0 Å². The summed E-state index contributed by atoms with van der Waals surface area (Å²) in [5.41, 5.74) is 6.31. The van der Waals surface area contributed by atoms with Gasteiger partial charge in [-0.05, 0) is 37.3 Å². The number of amidine groups is 1. The van der Waals surface area contributed by atoms with Gasteiger partial charge in [0.15, 0.2) is 5.84 Å². The average molecular weight is 248 g/mol. The summed E-state index contributed by atoms with van der Waals surface area (Å²) in [6.07, 6.45) is 5.36. The number of nitrogens with zero attached hydrogens (tertiary/aromatic N) is 3. The normalized spacial score (nSPS) is 21.7. The van der Waals surface area contributed by atoms with Crippen molar-refractivity contribution in [3.05, 3.63) is 23.9 Å². The molecule has 0 spiro atoms. The van der Waals surface area contributed by atoms with Gasteiger partial charge in [0.1, 0.15) is 5.82 Å². The SMILES string of the molecule is CC1CCCN(c2cc(C(N)=NO)ccn2)CC1. The quantitative estimate of drug-likeness (QED) is 0.362. The van der Waals surface area contributed by atoms with Gasteiger partial charge in [0.25, 0.3) is 0 Å². The molecule has 0 bridgehead atoms. The van der Waals surface area contributed by atoms with Crippen LogP contribution in [0.2, 0.25) is 0 Å². The first-order valence-electron chi connectivity index (χ1n) is 6.39. The van der Waals surface area contributed by atoms with Crippen molar-refractivity contribution in [2.24, 2.45) is 16.8 Å². The van der Waals surface area contributed by atoms with Gasteiger partial charge in [0, 0.05) is 24.8 Å². The maximum absolute atomic E-state index is 8.70. The van der Waals surface area contributed by atoms with Gasteiger partial charge in [-0.15, -0.1) is 0 Å². The van der Waals surface area contributed by atoms with Crippen LogP contribution in [0.15, 0.2) is 23.5 Å². The Kier molecular flexibility index (Phi) is 4.02. The van der Waals surface area contributed by atoms with E-state index in [1.165, 1.54) is 19.3 Å². The molecule has 2 rings (SSSR count). The molecule has 0 radical (unpaired) electrons. The molecule has 1 aromatic heterocycles. The van der Waals surface area contributed by atoms with Crippen LogP contribution in [-0.2, 0) is 0 Å². The third kappa shape index (κ3) is 2.91. The van der Waals surface area contributed by atoms with Crippen molar-refractivity contribution in [3.8, 4) is 0 Å². The molecular weight excluding hydrogens is 228 g/mol. The molecule has 0 amide bonds. The van der Waals surface area contributed by atoms with Crippen molar-refractivity contribution in [1.29, 1.82) is 0 Å². The number of pyridine rings is 1. The topological polar surface area (TPSA) is 74.7 Å². The highest BCUT2D eigenvalue weighted by Gasteiger charge is 2.15. The molecule has 1 aliphatic heterocycles. The molecule has 3 N–H and O–H groups in total. The lowest BCUT2D eigenvalue weighted by Gasteiger charge is -2.21. The Labute approximate surface area is 107 Å². The van der Waals surface area contributed by atoms with Crippen LogP contribution in [0.3, 0.4) is 0 Å². The Balaban J connectivity index is 2.17. The standard InChI is InChI=1S/C13H20N4O/c1-10-3-2-7-17(8-5-10)12-9-11(4-6-15-12)13(14)16-18/h4,6,9-10,18H,2-3,5,7-8H2,1H3,(H2,14,16). The second-order valence-electron chi connectivity index (χ2n) is 4.91. The molecule has 1 aromatic rings. The summed E-state index contributed by atoms with van der Waals surface area (Å²) >= 11 is 0. The van der Waals surface area contributed by atoms with Crippen LogP contribution >= 0.6 is 0 Å². The van der Waals surface area contributed by atoms with E-state index in [1.807, 2.05) is 6.07 Å². The lowest BCUT2D eigenvalue weighted by molar-refractivity contribution is 0.318. The molecule has 0 aromatic carbocycles. The van der Waals surface area contributed by atoms with Gasteiger partial charge in [-0.25, -0.2) is 4.98 Å². The molecule has 1 aliphatic rings. The molecule has 5 heteroatoms. The minimum absolute atomic E-state index is 0.127. The number of aromatic nitrogens is 1. The molecule has 5 nitrogen and oxygen atoms in total. The van der Waals surface area contributed by atoms with Crippen molar-refractivity contribution in [1.82, 2.24) is 4.98 Å². The van der Waals surface area contributed by atoms with Crippen LogP contribution in [0.4, 0.5) is 5.82 Å². The summed E-state index contributed by atoms with van der Waals surface area (Å²) in [5.74, 6) is 1.82. The first-order valence-corrected chi connectivity index (χ1v) is 6.39. The van der Waals surface area contributed by atoms with Crippen molar-refractivity contribution >= 4 is 11.7 Å². The second kappa shape index (κ2) is 5.71. The molecule has 1 atom stereocenters. The Morgan fingerprint density at radius 1 is 1.50 bits per heavy atom. The van der Waals surface area contributed by atoms with Crippen LogP contribution in [0, 0.1) is 5.92 Å². The van der Waals surface area contributed by atoms with Crippen molar-refractivity contribution in [3.63, 3.8) is 0 Å². The number of anilines is 1. The maximum atomic E-state index is 8.70. The molecule has 18 heavy (non-hydrogen) atoms. The predicted molar refractivity (Wildman–Crippen MR) is 72.0 cm³/mol. The summed E-state index contributed by atoms with van der Waals surface area (Å²) in [6.45, 7) is 4.34. The van der Waals surface area contributed by atoms with E-state index in [-0.39, 0.29) is 5.84 Å². The summed E-state index contributed by atoms with van der Waals surface area (Å²) in [7, 11) is 0. The Bertz CT molecular complexity index is 433. The molecule has 98 valence electrons. The van der Waals surface area contributed by atoms with E-state index in [2.05, 4.69) is 22.0 Å². The molecule has 1 unspecified atom stereocenters. The summed E-state index contributed by atoms with van der Waals surface area (Å²) in [5, 5.41) is 11.7. The summed E-state index contributed by atoms with van der Waals surface area (Å²) < 4.78 is 0. The lowest BCUT2D eigenvalue weighted by Crippen LogP contribution is -2.25. The van der Waals surface area contributed by atoms with E-state index in [9.17, 15) is 0 Å². The highest BCUT2D eigenvalue weighted by molar-refractivity contribution is 5.97. The van der Waals surface area contributed by atoms with Gasteiger partial charge >= 0.3 is 0 Å². The zero-order valence-corrected chi connectivity index (χ0v) is 10.7. The van der Waals surface area contributed by atoms with Crippen LogP contribution in [0.1, 0.15) is 31.7 Å². The number of oxime groups is 1. The van der Waals surface area contributed by atoms with Crippen LogP contribution in [0.5, 0.6) is 0 Å². The molecule has 0 aliphatic carbocycles. The third-order valence-electron chi connectivity index (χ3n) is 3.49. The van der Waals surface area contributed by atoms with Crippen LogP contribution < -0.4 is 10.6 Å². The fourth-order valence-corrected chi connectivity index (χ4v) is 2.30. The van der Waals surface area contributed by atoms with Gasteiger partial charge < -0.3 is 15.8 Å². The first-order chi connectivity index (χ1) is 8.70. The number of rotatable bonds is 2. The fraction of sp³-hybridized carbons (Fsp3) is 0.538. The summed E-state index contributed by atoms with van der Waals surface area (Å²) in [4.78, 5) is 6.66. The fourth-order valence-electron chi connectivity index (χ4n) is 2.30.